The van der Waals surface area contributed by atoms with Gasteiger partial charge in [0.25, 0.3) is 5.56 Å². The smallest absolute Gasteiger partial charge is 0.267 e. The molecule has 0 fully saturated rings. The van der Waals surface area contributed by atoms with E-state index in [0.29, 0.717) is 18.8 Å². The molecule has 0 aliphatic heterocycles. The minimum atomic E-state index is -0.273. The molecule has 0 aliphatic carbocycles. The zero-order valence-corrected chi connectivity index (χ0v) is 13.3. The lowest BCUT2D eigenvalue weighted by Crippen LogP contribution is -2.38. The normalized spacial score (nSPS) is 10.3. The number of carbonyl (C=O) groups excluding carboxylic acids is 1. The zero-order valence-electron chi connectivity index (χ0n) is 13.3. The molecule has 0 unspecified atom stereocenters. The highest BCUT2D eigenvalue weighted by Gasteiger charge is 2.14. The van der Waals surface area contributed by atoms with Gasteiger partial charge < -0.3 is 4.90 Å². The van der Waals surface area contributed by atoms with E-state index in [-0.39, 0.29) is 18.0 Å². The topological polar surface area (TPSA) is 55.2 Å². The Hall–Kier alpha value is -2.69. The molecule has 1 heterocycles. The first kappa shape index (κ1) is 16.7. The summed E-state index contributed by atoms with van der Waals surface area (Å²) in [5.74, 6) is -0.138. The molecule has 120 valence electrons. The van der Waals surface area contributed by atoms with E-state index in [1.165, 1.54) is 16.3 Å². The van der Waals surface area contributed by atoms with E-state index in [4.69, 9.17) is 0 Å². The van der Waals surface area contributed by atoms with Crippen LogP contribution in [0.15, 0.2) is 59.9 Å². The van der Waals surface area contributed by atoms with Crippen molar-refractivity contribution in [3.63, 3.8) is 0 Å². The fourth-order valence-corrected chi connectivity index (χ4v) is 2.27. The summed E-state index contributed by atoms with van der Waals surface area (Å²) < 4.78 is 1.20. The Bertz CT molecular complexity index is 723. The van der Waals surface area contributed by atoms with Gasteiger partial charge in [0, 0.05) is 19.2 Å². The maximum absolute atomic E-state index is 12.5. The second-order valence-corrected chi connectivity index (χ2v) is 5.33. The van der Waals surface area contributed by atoms with Gasteiger partial charge in [-0.25, -0.2) is 4.68 Å². The first-order valence-corrected chi connectivity index (χ1v) is 7.57. The van der Waals surface area contributed by atoms with Crippen LogP contribution in [-0.4, -0.2) is 33.7 Å². The second kappa shape index (κ2) is 8.08. The maximum atomic E-state index is 12.5. The molecule has 5 nitrogen and oxygen atoms in total. The Kier molecular flexibility index (Phi) is 5.86. The van der Waals surface area contributed by atoms with Crippen LogP contribution in [0.5, 0.6) is 0 Å². The van der Waals surface area contributed by atoms with Crippen LogP contribution in [0.4, 0.5) is 0 Å². The molecule has 5 heteroatoms. The molecule has 2 aromatic rings. The summed E-state index contributed by atoms with van der Waals surface area (Å²) in [6.07, 6.45) is 2.45. The number of aryl methyl sites for hydroxylation is 1. The van der Waals surface area contributed by atoms with E-state index in [9.17, 15) is 9.59 Å². The molecule has 1 aromatic heterocycles. The largest absolute Gasteiger partial charge is 0.337 e. The lowest BCUT2D eigenvalue weighted by molar-refractivity contribution is -0.131. The van der Waals surface area contributed by atoms with Crippen LogP contribution in [-0.2, 0) is 17.8 Å². The van der Waals surface area contributed by atoms with Crippen molar-refractivity contribution in [3.05, 3.63) is 76.7 Å². The van der Waals surface area contributed by atoms with Gasteiger partial charge in [-0.05, 0) is 25.0 Å². The zero-order chi connectivity index (χ0) is 16.7. The van der Waals surface area contributed by atoms with Gasteiger partial charge in [0.2, 0.25) is 5.91 Å². The lowest BCUT2D eigenvalue weighted by atomic mass is 10.1. The molecular formula is C18H21N3O2. The van der Waals surface area contributed by atoms with Crippen LogP contribution in [0.3, 0.4) is 0 Å². The summed E-state index contributed by atoms with van der Waals surface area (Å²) >= 11 is 0. The van der Waals surface area contributed by atoms with E-state index in [0.717, 1.165) is 6.42 Å². The van der Waals surface area contributed by atoms with Crippen LogP contribution >= 0.6 is 0 Å². The second-order valence-electron chi connectivity index (χ2n) is 5.33. The van der Waals surface area contributed by atoms with Crippen LogP contribution in [0.1, 0.15) is 11.3 Å². The Morgan fingerprint density at radius 1 is 1.26 bits per heavy atom. The van der Waals surface area contributed by atoms with E-state index in [2.05, 4.69) is 11.7 Å². The number of nitrogens with zero attached hydrogens (tertiary/aromatic N) is 3. The van der Waals surface area contributed by atoms with Gasteiger partial charge in [-0.15, -0.1) is 6.58 Å². The van der Waals surface area contributed by atoms with E-state index < -0.39 is 0 Å². The number of amides is 1. The fourth-order valence-electron chi connectivity index (χ4n) is 2.27. The Balaban J connectivity index is 2.04. The Morgan fingerprint density at radius 2 is 2.00 bits per heavy atom. The molecule has 0 atom stereocenters. The molecule has 0 aliphatic rings. The van der Waals surface area contributed by atoms with Crippen molar-refractivity contribution in [3.8, 4) is 0 Å². The first-order chi connectivity index (χ1) is 11.1. The number of aromatic nitrogens is 2. The molecule has 1 amide bonds. The van der Waals surface area contributed by atoms with E-state index in [1.54, 1.807) is 24.0 Å². The number of rotatable bonds is 7. The molecule has 0 spiro atoms. The summed E-state index contributed by atoms with van der Waals surface area (Å²) in [5.41, 5.74) is 1.60. The average molecular weight is 311 g/mol. The lowest BCUT2D eigenvalue weighted by Gasteiger charge is -2.21. The summed E-state index contributed by atoms with van der Waals surface area (Å²) in [6.45, 7) is 6.46. The SMILES string of the molecule is C=CCN(CCc1ccccc1)C(=O)Cn1nc(C)ccc1=O. The predicted octanol–water partition coefficient (Wildman–Crippen LogP) is 1.81. The third-order valence-corrected chi connectivity index (χ3v) is 3.50. The summed E-state index contributed by atoms with van der Waals surface area (Å²) in [5, 5.41) is 4.10. The third kappa shape index (κ3) is 4.92. The number of hydrogen-bond donors (Lipinski definition) is 0. The summed E-state index contributed by atoms with van der Waals surface area (Å²) in [7, 11) is 0. The van der Waals surface area contributed by atoms with Crippen molar-refractivity contribution in [2.24, 2.45) is 0 Å². The molecule has 0 radical (unpaired) electrons. The van der Waals surface area contributed by atoms with Crippen LogP contribution < -0.4 is 5.56 Å². The Labute approximate surface area is 135 Å². The van der Waals surface area contributed by atoms with Gasteiger partial charge in [-0.1, -0.05) is 36.4 Å². The standard InChI is InChI=1S/C18H21N3O2/c1-3-12-20(13-11-16-7-5-4-6-8-16)18(23)14-21-17(22)10-9-15(2)19-21/h3-10H,1,11-14H2,2H3. The van der Waals surface area contributed by atoms with Crippen LogP contribution in [0.25, 0.3) is 0 Å². The first-order valence-electron chi connectivity index (χ1n) is 7.57. The monoisotopic (exact) mass is 311 g/mol. The van der Waals surface area contributed by atoms with Crippen molar-refractivity contribution in [2.45, 2.75) is 19.9 Å². The van der Waals surface area contributed by atoms with Crippen molar-refractivity contribution in [2.75, 3.05) is 13.1 Å². The highest BCUT2D eigenvalue weighted by molar-refractivity contribution is 5.76. The average Bonchev–Trinajstić information content (AvgIpc) is 2.55. The number of hydrogen-bond acceptors (Lipinski definition) is 3. The minimum absolute atomic E-state index is 0.0524. The molecular weight excluding hydrogens is 290 g/mol. The van der Waals surface area contributed by atoms with Gasteiger partial charge in [-0.2, -0.15) is 5.10 Å². The van der Waals surface area contributed by atoms with E-state index >= 15 is 0 Å². The molecule has 1 aromatic carbocycles. The predicted molar refractivity (Wildman–Crippen MR) is 90.2 cm³/mol. The van der Waals surface area contributed by atoms with Gasteiger partial charge in [0.05, 0.1) is 5.69 Å². The molecule has 0 N–H and O–H groups in total. The third-order valence-electron chi connectivity index (χ3n) is 3.50. The molecule has 2 rings (SSSR count). The summed E-state index contributed by atoms with van der Waals surface area (Å²) in [6, 6.07) is 13.0. The Morgan fingerprint density at radius 3 is 2.70 bits per heavy atom. The van der Waals surface area contributed by atoms with Gasteiger partial charge in [-0.3, -0.25) is 9.59 Å². The molecule has 0 saturated carbocycles. The quantitative estimate of drug-likeness (QED) is 0.733. The van der Waals surface area contributed by atoms with Crippen molar-refractivity contribution < 1.29 is 4.79 Å². The molecule has 0 saturated heterocycles. The number of carbonyl (C=O) groups is 1. The molecule has 23 heavy (non-hydrogen) atoms. The van der Waals surface area contributed by atoms with Crippen LogP contribution in [0.2, 0.25) is 0 Å². The van der Waals surface area contributed by atoms with Gasteiger partial charge >= 0.3 is 0 Å². The number of benzene rings is 1. The molecule has 0 bridgehead atoms. The van der Waals surface area contributed by atoms with E-state index in [1.807, 2.05) is 30.3 Å². The van der Waals surface area contributed by atoms with Crippen LogP contribution in [0, 0.1) is 6.92 Å². The van der Waals surface area contributed by atoms with Crippen molar-refractivity contribution in [1.82, 2.24) is 14.7 Å². The minimum Gasteiger partial charge on any atom is -0.337 e. The fraction of sp³-hybridized carbons (Fsp3) is 0.278. The van der Waals surface area contributed by atoms with Crippen molar-refractivity contribution in [1.29, 1.82) is 0 Å². The van der Waals surface area contributed by atoms with Gasteiger partial charge in [0.15, 0.2) is 0 Å². The highest BCUT2D eigenvalue weighted by atomic mass is 16.2. The highest BCUT2D eigenvalue weighted by Crippen LogP contribution is 2.03. The maximum Gasteiger partial charge on any atom is 0.267 e. The summed E-state index contributed by atoms with van der Waals surface area (Å²) in [4.78, 5) is 25.9. The van der Waals surface area contributed by atoms with Crippen molar-refractivity contribution >= 4 is 5.91 Å². The van der Waals surface area contributed by atoms with Gasteiger partial charge in [0.1, 0.15) is 6.54 Å².